The number of hydrogen-bond donors (Lipinski definition) is 0. The molecule has 1 unspecified atom stereocenters. The van der Waals surface area contributed by atoms with Gasteiger partial charge in [-0.2, -0.15) is 0 Å². The Kier molecular flexibility index (Phi) is 6.40. The molecule has 0 aromatic heterocycles. The van der Waals surface area contributed by atoms with E-state index < -0.39 is 29.8 Å². The van der Waals surface area contributed by atoms with E-state index in [1.807, 2.05) is 6.07 Å². The fourth-order valence-electron chi connectivity index (χ4n) is 3.78. The standard InChI is InChI=1S/C26H21NO7/c1-32-22-15-17(25(30)33-2)12-13-21(22)34-26(31)20(14-16-8-4-3-5-9-16)27-23(28)18-10-6-7-11-19(18)24(27)29/h3-13,15,20H,14H2,1-2H3. The summed E-state index contributed by atoms with van der Waals surface area (Å²) in [7, 11) is 2.61. The van der Waals surface area contributed by atoms with Gasteiger partial charge < -0.3 is 14.2 Å². The van der Waals surface area contributed by atoms with E-state index in [4.69, 9.17) is 14.2 Å². The highest BCUT2D eigenvalue weighted by Crippen LogP contribution is 2.31. The summed E-state index contributed by atoms with van der Waals surface area (Å²) in [4.78, 5) is 52.3. The molecule has 8 nitrogen and oxygen atoms in total. The number of nitrogens with zero attached hydrogens (tertiary/aromatic N) is 1. The second-order valence-electron chi connectivity index (χ2n) is 7.51. The molecule has 2 amide bonds. The highest BCUT2D eigenvalue weighted by atomic mass is 16.6. The van der Waals surface area contributed by atoms with Crippen LogP contribution in [0, 0.1) is 0 Å². The average Bonchev–Trinajstić information content (AvgIpc) is 3.12. The number of ether oxygens (including phenoxy) is 3. The third-order valence-corrected chi connectivity index (χ3v) is 5.48. The SMILES string of the molecule is COC(=O)c1ccc(OC(=O)C(Cc2ccccc2)N2C(=O)c3ccccc3C2=O)c(OC)c1. The number of amides is 2. The molecular weight excluding hydrogens is 438 g/mol. The van der Waals surface area contributed by atoms with Crippen LogP contribution in [0.4, 0.5) is 0 Å². The maximum Gasteiger partial charge on any atom is 0.337 e. The molecule has 1 aliphatic heterocycles. The molecule has 0 radical (unpaired) electrons. The zero-order valence-corrected chi connectivity index (χ0v) is 18.5. The van der Waals surface area contributed by atoms with Gasteiger partial charge in [0, 0.05) is 6.42 Å². The fourth-order valence-corrected chi connectivity index (χ4v) is 3.78. The summed E-state index contributed by atoms with van der Waals surface area (Å²) < 4.78 is 15.5. The van der Waals surface area contributed by atoms with E-state index in [9.17, 15) is 19.2 Å². The Morgan fingerprint density at radius 1 is 0.824 bits per heavy atom. The number of benzene rings is 3. The second kappa shape index (κ2) is 9.58. The third kappa shape index (κ3) is 4.25. The number of rotatable bonds is 7. The number of carbonyl (C=O) groups excluding carboxylic acids is 4. The van der Waals surface area contributed by atoms with Crippen molar-refractivity contribution in [2.45, 2.75) is 12.5 Å². The van der Waals surface area contributed by atoms with Crippen LogP contribution in [0.5, 0.6) is 11.5 Å². The first-order valence-corrected chi connectivity index (χ1v) is 10.4. The summed E-state index contributed by atoms with van der Waals surface area (Å²) in [5.41, 5.74) is 1.42. The molecular formula is C26H21NO7. The van der Waals surface area contributed by atoms with Gasteiger partial charge in [-0.3, -0.25) is 14.5 Å². The van der Waals surface area contributed by atoms with Crippen LogP contribution in [0.1, 0.15) is 36.6 Å². The lowest BCUT2D eigenvalue weighted by Gasteiger charge is -2.25. The first-order chi connectivity index (χ1) is 16.4. The lowest BCUT2D eigenvalue weighted by Crippen LogP contribution is -2.48. The fraction of sp³-hybridized carbons (Fsp3) is 0.154. The van der Waals surface area contributed by atoms with E-state index in [1.54, 1.807) is 48.5 Å². The van der Waals surface area contributed by atoms with E-state index in [1.165, 1.54) is 32.4 Å². The summed E-state index contributed by atoms with van der Waals surface area (Å²) in [5.74, 6) is -2.36. The normalized spacial score (nSPS) is 13.3. The quantitative estimate of drug-likeness (QED) is 0.304. The van der Waals surface area contributed by atoms with Crippen LogP contribution < -0.4 is 9.47 Å². The molecule has 1 heterocycles. The van der Waals surface area contributed by atoms with Gasteiger partial charge in [0.2, 0.25) is 0 Å². The van der Waals surface area contributed by atoms with Gasteiger partial charge in [-0.05, 0) is 35.9 Å². The number of carbonyl (C=O) groups is 4. The van der Waals surface area contributed by atoms with Crippen molar-refractivity contribution in [2.75, 3.05) is 14.2 Å². The number of methoxy groups -OCH3 is 2. The Bertz CT molecular complexity index is 1230. The van der Waals surface area contributed by atoms with Crippen molar-refractivity contribution in [2.24, 2.45) is 0 Å². The number of imide groups is 1. The first kappa shape index (κ1) is 22.7. The maximum absolute atomic E-state index is 13.4. The second-order valence-corrected chi connectivity index (χ2v) is 7.51. The van der Waals surface area contributed by atoms with Crippen LogP contribution in [0.3, 0.4) is 0 Å². The van der Waals surface area contributed by atoms with Gasteiger partial charge in [0.1, 0.15) is 6.04 Å². The zero-order chi connectivity index (χ0) is 24.2. The summed E-state index contributed by atoms with van der Waals surface area (Å²) in [5, 5.41) is 0. The smallest absolute Gasteiger partial charge is 0.337 e. The van der Waals surface area contributed by atoms with Crippen LogP contribution in [-0.2, 0) is 16.0 Å². The van der Waals surface area contributed by atoms with Gasteiger partial charge in [-0.1, -0.05) is 42.5 Å². The van der Waals surface area contributed by atoms with Crippen molar-refractivity contribution < 1.29 is 33.4 Å². The Morgan fingerprint density at radius 3 is 2.03 bits per heavy atom. The third-order valence-electron chi connectivity index (χ3n) is 5.48. The molecule has 0 spiro atoms. The minimum Gasteiger partial charge on any atom is -0.493 e. The zero-order valence-electron chi connectivity index (χ0n) is 18.5. The van der Waals surface area contributed by atoms with Crippen LogP contribution in [-0.4, -0.2) is 48.9 Å². The molecule has 0 saturated carbocycles. The molecule has 34 heavy (non-hydrogen) atoms. The molecule has 0 fully saturated rings. The van der Waals surface area contributed by atoms with Crippen molar-refractivity contribution in [3.05, 3.63) is 95.1 Å². The molecule has 1 atom stereocenters. The number of hydrogen-bond acceptors (Lipinski definition) is 7. The van der Waals surface area contributed by atoms with Gasteiger partial charge in [-0.25, -0.2) is 9.59 Å². The Hall–Kier alpha value is -4.46. The van der Waals surface area contributed by atoms with Crippen molar-refractivity contribution in [1.29, 1.82) is 0 Å². The van der Waals surface area contributed by atoms with Crippen molar-refractivity contribution in [3.8, 4) is 11.5 Å². The van der Waals surface area contributed by atoms with E-state index in [0.717, 1.165) is 10.5 Å². The van der Waals surface area contributed by atoms with Gasteiger partial charge in [0.05, 0.1) is 30.9 Å². The lowest BCUT2D eigenvalue weighted by molar-refractivity contribution is -0.138. The summed E-state index contributed by atoms with van der Waals surface area (Å²) in [6.45, 7) is 0. The Labute approximate surface area is 195 Å². The van der Waals surface area contributed by atoms with Crippen LogP contribution in [0.15, 0.2) is 72.8 Å². The molecule has 3 aromatic carbocycles. The van der Waals surface area contributed by atoms with Gasteiger partial charge >= 0.3 is 11.9 Å². The van der Waals surface area contributed by atoms with E-state index in [0.29, 0.717) is 0 Å². The molecule has 0 N–H and O–H groups in total. The highest BCUT2D eigenvalue weighted by molar-refractivity contribution is 6.22. The van der Waals surface area contributed by atoms with Gasteiger partial charge in [-0.15, -0.1) is 0 Å². The monoisotopic (exact) mass is 459 g/mol. The molecule has 0 bridgehead atoms. The van der Waals surface area contributed by atoms with E-state index in [2.05, 4.69) is 0 Å². The van der Waals surface area contributed by atoms with Crippen molar-refractivity contribution >= 4 is 23.8 Å². The highest BCUT2D eigenvalue weighted by Gasteiger charge is 2.43. The molecule has 4 rings (SSSR count). The first-order valence-electron chi connectivity index (χ1n) is 10.4. The Morgan fingerprint density at radius 2 is 1.44 bits per heavy atom. The Balaban J connectivity index is 1.68. The van der Waals surface area contributed by atoms with Crippen molar-refractivity contribution in [1.82, 2.24) is 4.90 Å². The van der Waals surface area contributed by atoms with Crippen LogP contribution in [0.2, 0.25) is 0 Å². The molecule has 3 aromatic rings. The molecule has 0 saturated heterocycles. The summed E-state index contributed by atoms with van der Waals surface area (Å²) >= 11 is 0. The summed E-state index contributed by atoms with van der Waals surface area (Å²) in [6.07, 6.45) is 0.0632. The van der Waals surface area contributed by atoms with Crippen LogP contribution >= 0.6 is 0 Å². The molecule has 1 aliphatic rings. The molecule has 172 valence electrons. The number of esters is 2. The largest absolute Gasteiger partial charge is 0.493 e. The predicted octanol–water partition coefficient (Wildman–Crippen LogP) is 3.29. The van der Waals surface area contributed by atoms with Crippen LogP contribution in [0.25, 0.3) is 0 Å². The molecule has 8 heteroatoms. The molecule has 0 aliphatic carbocycles. The van der Waals surface area contributed by atoms with E-state index >= 15 is 0 Å². The number of fused-ring (bicyclic) bond motifs is 1. The summed E-state index contributed by atoms with van der Waals surface area (Å²) in [6, 6.07) is 18.4. The van der Waals surface area contributed by atoms with E-state index in [-0.39, 0.29) is 34.6 Å². The van der Waals surface area contributed by atoms with Gasteiger partial charge in [0.15, 0.2) is 11.5 Å². The maximum atomic E-state index is 13.4. The van der Waals surface area contributed by atoms with Gasteiger partial charge in [0.25, 0.3) is 11.8 Å². The topological polar surface area (TPSA) is 99.2 Å². The predicted molar refractivity (Wildman–Crippen MR) is 121 cm³/mol. The average molecular weight is 459 g/mol. The van der Waals surface area contributed by atoms with Crippen molar-refractivity contribution in [3.63, 3.8) is 0 Å². The minimum atomic E-state index is -1.22. The lowest BCUT2D eigenvalue weighted by atomic mass is 10.0. The minimum absolute atomic E-state index is 0.0369.